The number of benzene rings is 1. The van der Waals surface area contributed by atoms with E-state index in [9.17, 15) is 0 Å². The Kier molecular flexibility index (Phi) is 3.92. The van der Waals surface area contributed by atoms with E-state index >= 15 is 0 Å². The molecule has 0 N–H and O–H groups in total. The van der Waals surface area contributed by atoms with Crippen molar-refractivity contribution in [3.8, 4) is 0 Å². The van der Waals surface area contributed by atoms with Crippen LogP contribution in [0, 0.1) is 0 Å². The minimum Gasteiger partial charge on any atom is -0.377 e. The number of rotatable bonds is 4. The van der Waals surface area contributed by atoms with Crippen molar-refractivity contribution in [1.29, 1.82) is 0 Å². The number of nitrogens with zero attached hydrogens (tertiary/aromatic N) is 1. The molecular formula is C15H21NOS. The summed E-state index contributed by atoms with van der Waals surface area (Å²) in [6.45, 7) is 3.22. The number of hydrogen-bond donors (Lipinski definition) is 0. The molecule has 2 heterocycles. The standard InChI is InChI=1S/C15H21NOS/c1-16(10-13-6-4-8-17-13)11-14-9-12-5-2-3-7-15(12)18-14/h2-3,5,7,13-14H,4,6,8-11H2,1H3. The van der Waals surface area contributed by atoms with E-state index in [0.29, 0.717) is 11.4 Å². The normalized spacial score (nSPS) is 26.8. The summed E-state index contributed by atoms with van der Waals surface area (Å²) in [6.07, 6.45) is 4.17. The zero-order valence-electron chi connectivity index (χ0n) is 11.0. The number of hydrogen-bond acceptors (Lipinski definition) is 3. The van der Waals surface area contributed by atoms with Crippen LogP contribution < -0.4 is 0 Å². The summed E-state index contributed by atoms with van der Waals surface area (Å²) in [4.78, 5) is 3.92. The third-order valence-corrected chi connectivity index (χ3v) is 5.07. The van der Waals surface area contributed by atoms with Crippen molar-refractivity contribution in [2.75, 3.05) is 26.7 Å². The van der Waals surface area contributed by atoms with Gasteiger partial charge in [-0.1, -0.05) is 18.2 Å². The van der Waals surface area contributed by atoms with Gasteiger partial charge in [-0.2, -0.15) is 0 Å². The number of likely N-dealkylation sites (N-methyl/N-ethyl adjacent to an activating group) is 1. The number of fused-ring (bicyclic) bond motifs is 1. The smallest absolute Gasteiger partial charge is 0.0702 e. The maximum Gasteiger partial charge on any atom is 0.0702 e. The van der Waals surface area contributed by atoms with E-state index in [0.717, 1.165) is 13.2 Å². The van der Waals surface area contributed by atoms with Crippen molar-refractivity contribution in [1.82, 2.24) is 4.90 Å². The van der Waals surface area contributed by atoms with E-state index in [1.165, 1.54) is 36.3 Å². The Labute approximate surface area is 114 Å². The fourth-order valence-corrected chi connectivity index (χ4v) is 4.32. The van der Waals surface area contributed by atoms with Gasteiger partial charge in [-0.15, -0.1) is 11.8 Å². The molecule has 0 bridgehead atoms. The minimum absolute atomic E-state index is 0.476. The number of ether oxygens (including phenoxy) is 1. The first-order chi connectivity index (χ1) is 8.81. The molecule has 0 aromatic heterocycles. The van der Waals surface area contributed by atoms with Crippen molar-refractivity contribution in [2.45, 2.75) is 35.5 Å². The topological polar surface area (TPSA) is 12.5 Å². The van der Waals surface area contributed by atoms with E-state index in [-0.39, 0.29) is 0 Å². The van der Waals surface area contributed by atoms with E-state index in [4.69, 9.17) is 4.74 Å². The molecule has 0 aliphatic carbocycles. The van der Waals surface area contributed by atoms with Gasteiger partial charge in [0.25, 0.3) is 0 Å². The van der Waals surface area contributed by atoms with Crippen LogP contribution in [0.5, 0.6) is 0 Å². The molecule has 2 aliphatic rings. The molecule has 1 aromatic rings. The van der Waals surface area contributed by atoms with Gasteiger partial charge in [-0.3, -0.25) is 0 Å². The molecule has 2 nitrogen and oxygen atoms in total. The van der Waals surface area contributed by atoms with Crippen molar-refractivity contribution < 1.29 is 4.74 Å². The quantitative estimate of drug-likeness (QED) is 0.829. The van der Waals surface area contributed by atoms with Crippen LogP contribution in [0.25, 0.3) is 0 Å². The lowest BCUT2D eigenvalue weighted by molar-refractivity contribution is 0.0814. The highest BCUT2D eigenvalue weighted by atomic mass is 32.2. The lowest BCUT2D eigenvalue weighted by Crippen LogP contribution is -2.33. The largest absolute Gasteiger partial charge is 0.377 e. The average Bonchev–Trinajstić information content (AvgIpc) is 2.96. The highest BCUT2D eigenvalue weighted by Crippen LogP contribution is 2.36. The summed E-state index contributed by atoms with van der Waals surface area (Å²) >= 11 is 2.04. The van der Waals surface area contributed by atoms with Gasteiger partial charge in [0.2, 0.25) is 0 Å². The summed E-state index contributed by atoms with van der Waals surface area (Å²) in [5.74, 6) is 0. The van der Waals surface area contributed by atoms with Crippen LogP contribution in [0.1, 0.15) is 18.4 Å². The van der Waals surface area contributed by atoms with Gasteiger partial charge < -0.3 is 9.64 Å². The minimum atomic E-state index is 0.476. The Morgan fingerprint density at radius 2 is 2.22 bits per heavy atom. The van der Waals surface area contributed by atoms with Crippen LogP contribution in [0.3, 0.4) is 0 Å². The first kappa shape index (κ1) is 12.5. The molecule has 0 amide bonds. The van der Waals surface area contributed by atoms with E-state index in [2.05, 4.69) is 36.2 Å². The molecule has 3 rings (SSSR count). The maximum absolute atomic E-state index is 5.70. The Morgan fingerprint density at radius 3 is 3.00 bits per heavy atom. The fraction of sp³-hybridized carbons (Fsp3) is 0.600. The molecule has 18 heavy (non-hydrogen) atoms. The van der Waals surface area contributed by atoms with E-state index in [1.807, 2.05) is 11.8 Å². The predicted molar refractivity (Wildman–Crippen MR) is 76.3 cm³/mol. The molecular weight excluding hydrogens is 242 g/mol. The lowest BCUT2D eigenvalue weighted by atomic mass is 10.1. The van der Waals surface area contributed by atoms with Crippen molar-refractivity contribution in [2.24, 2.45) is 0 Å². The molecule has 2 aliphatic heterocycles. The molecule has 0 saturated carbocycles. The zero-order chi connectivity index (χ0) is 12.4. The average molecular weight is 263 g/mol. The molecule has 0 radical (unpaired) electrons. The van der Waals surface area contributed by atoms with E-state index in [1.54, 1.807) is 0 Å². The monoisotopic (exact) mass is 263 g/mol. The SMILES string of the molecule is CN(CC1CCCO1)CC1Cc2ccccc2S1. The predicted octanol–water partition coefficient (Wildman–Crippen LogP) is 2.81. The number of thioether (sulfide) groups is 1. The van der Waals surface area contributed by atoms with E-state index < -0.39 is 0 Å². The molecule has 1 saturated heterocycles. The fourth-order valence-electron chi connectivity index (χ4n) is 2.91. The molecule has 1 fully saturated rings. The Bertz CT molecular complexity index is 378. The second-order valence-corrected chi connectivity index (χ2v) is 6.75. The van der Waals surface area contributed by atoms with Crippen LogP contribution in [-0.2, 0) is 11.2 Å². The molecule has 3 heteroatoms. The molecule has 1 aromatic carbocycles. The zero-order valence-corrected chi connectivity index (χ0v) is 11.8. The first-order valence-electron chi connectivity index (χ1n) is 6.86. The van der Waals surface area contributed by atoms with Crippen LogP contribution in [0.2, 0.25) is 0 Å². The second kappa shape index (κ2) is 5.64. The van der Waals surface area contributed by atoms with Crippen molar-refractivity contribution in [3.63, 3.8) is 0 Å². The lowest BCUT2D eigenvalue weighted by Gasteiger charge is -2.23. The molecule has 2 unspecified atom stereocenters. The van der Waals surface area contributed by atoms with Gasteiger partial charge in [0, 0.05) is 29.8 Å². The van der Waals surface area contributed by atoms with Gasteiger partial charge >= 0.3 is 0 Å². The van der Waals surface area contributed by atoms with Gasteiger partial charge in [-0.05, 0) is 37.9 Å². The van der Waals surface area contributed by atoms with Crippen LogP contribution in [-0.4, -0.2) is 43.0 Å². The van der Waals surface area contributed by atoms with Crippen LogP contribution >= 0.6 is 11.8 Å². The highest BCUT2D eigenvalue weighted by molar-refractivity contribution is 8.00. The molecule has 0 spiro atoms. The van der Waals surface area contributed by atoms with Crippen molar-refractivity contribution >= 4 is 11.8 Å². The maximum atomic E-state index is 5.70. The molecule has 98 valence electrons. The van der Waals surface area contributed by atoms with Gasteiger partial charge in [-0.25, -0.2) is 0 Å². The van der Waals surface area contributed by atoms with Crippen LogP contribution in [0.15, 0.2) is 29.2 Å². The van der Waals surface area contributed by atoms with Crippen molar-refractivity contribution in [3.05, 3.63) is 29.8 Å². The Hall–Kier alpha value is -0.510. The summed E-state index contributed by atoms with van der Waals surface area (Å²) in [7, 11) is 2.23. The summed E-state index contributed by atoms with van der Waals surface area (Å²) in [6, 6.07) is 8.81. The third-order valence-electron chi connectivity index (χ3n) is 3.77. The van der Waals surface area contributed by atoms with Gasteiger partial charge in [0.05, 0.1) is 6.10 Å². The summed E-state index contributed by atoms with van der Waals surface area (Å²) in [5.41, 5.74) is 1.53. The Balaban J connectivity index is 1.49. The third kappa shape index (κ3) is 2.90. The van der Waals surface area contributed by atoms with Gasteiger partial charge in [0.15, 0.2) is 0 Å². The molecule has 2 atom stereocenters. The highest BCUT2D eigenvalue weighted by Gasteiger charge is 2.24. The van der Waals surface area contributed by atoms with Crippen LogP contribution in [0.4, 0.5) is 0 Å². The van der Waals surface area contributed by atoms with Gasteiger partial charge in [0.1, 0.15) is 0 Å². The first-order valence-corrected chi connectivity index (χ1v) is 7.74. The second-order valence-electron chi connectivity index (χ2n) is 5.41. The summed E-state index contributed by atoms with van der Waals surface area (Å²) < 4.78 is 5.70. The summed E-state index contributed by atoms with van der Waals surface area (Å²) in [5, 5.41) is 0.716. The Morgan fingerprint density at radius 1 is 1.33 bits per heavy atom.